The Balaban J connectivity index is 2.32. The standard InChI is InChI=1S/C11H19NOS/c1-8-11(6-9(13)12-8)7-14-5-4-10(11,2)3/h8H,4-7H2,1-3H3,(H,12,13). The van der Waals surface area contributed by atoms with E-state index in [0.717, 1.165) is 12.2 Å². The first-order valence-corrected chi connectivity index (χ1v) is 6.51. The van der Waals surface area contributed by atoms with E-state index in [4.69, 9.17) is 0 Å². The van der Waals surface area contributed by atoms with Crippen LogP contribution in [0.5, 0.6) is 0 Å². The van der Waals surface area contributed by atoms with Crippen LogP contribution in [0.3, 0.4) is 0 Å². The van der Waals surface area contributed by atoms with Crippen LogP contribution in [0.1, 0.15) is 33.6 Å². The summed E-state index contributed by atoms with van der Waals surface area (Å²) in [5.41, 5.74) is 0.504. The van der Waals surface area contributed by atoms with Crippen molar-refractivity contribution in [3.63, 3.8) is 0 Å². The van der Waals surface area contributed by atoms with Crippen molar-refractivity contribution < 1.29 is 4.79 Å². The van der Waals surface area contributed by atoms with Crippen molar-refractivity contribution >= 4 is 17.7 Å². The molecule has 0 radical (unpaired) electrons. The molecule has 0 aromatic rings. The van der Waals surface area contributed by atoms with Gasteiger partial charge in [-0.25, -0.2) is 0 Å². The van der Waals surface area contributed by atoms with Gasteiger partial charge in [0.15, 0.2) is 0 Å². The zero-order valence-corrected chi connectivity index (χ0v) is 10.0. The molecule has 80 valence electrons. The predicted octanol–water partition coefficient (Wildman–Crippen LogP) is 2.04. The van der Waals surface area contributed by atoms with E-state index >= 15 is 0 Å². The van der Waals surface area contributed by atoms with Crippen LogP contribution < -0.4 is 5.32 Å². The molecule has 1 N–H and O–H groups in total. The molecule has 0 saturated carbocycles. The molecule has 3 heteroatoms. The van der Waals surface area contributed by atoms with Crippen LogP contribution in [0, 0.1) is 10.8 Å². The van der Waals surface area contributed by atoms with Gasteiger partial charge in [-0.2, -0.15) is 11.8 Å². The van der Waals surface area contributed by atoms with Crippen LogP contribution in [-0.2, 0) is 4.79 Å². The van der Waals surface area contributed by atoms with Gasteiger partial charge in [-0.1, -0.05) is 13.8 Å². The predicted molar refractivity (Wildman–Crippen MR) is 60.4 cm³/mol. The van der Waals surface area contributed by atoms with Crippen molar-refractivity contribution in [3.05, 3.63) is 0 Å². The number of carbonyl (C=O) groups is 1. The largest absolute Gasteiger partial charge is 0.353 e. The fourth-order valence-electron chi connectivity index (χ4n) is 2.90. The monoisotopic (exact) mass is 213 g/mol. The Morgan fingerprint density at radius 1 is 1.50 bits per heavy atom. The first-order chi connectivity index (χ1) is 6.48. The van der Waals surface area contributed by atoms with Gasteiger partial charge < -0.3 is 5.32 Å². The van der Waals surface area contributed by atoms with E-state index in [9.17, 15) is 4.79 Å². The van der Waals surface area contributed by atoms with Gasteiger partial charge in [0, 0.05) is 23.6 Å². The zero-order chi connectivity index (χ0) is 10.4. The second-order valence-corrected chi connectivity index (χ2v) is 6.41. The number of nitrogens with one attached hydrogen (secondary N) is 1. The van der Waals surface area contributed by atoms with Crippen molar-refractivity contribution in [2.24, 2.45) is 10.8 Å². The van der Waals surface area contributed by atoms with Crippen molar-refractivity contribution in [3.8, 4) is 0 Å². The van der Waals surface area contributed by atoms with E-state index in [2.05, 4.69) is 26.1 Å². The number of thioether (sulfide) groups is 1. The Kier molecular flexibility index (Phi) is 2.33. The van der Waals surface area contributed by atoms with Crippen molar-refractivity contribution in [2.75, 3.05) is 11.5 Å². The first-order valence-electron chi connectivity index (χ1n) is 5.35. The van der Waals surface area contributed by atoms with Gasteiger partial charge in [0.1, 0.15) is 0 Å². The molecule has 1 amide bonds. The number of rotatable bonds is 0. The maximum absolute atomic E-state index is 11.5. The Labute approximate surface area is 90.2 Å². The summed E-state index contributed by atoms with van der Waals surface area (Å²) in [4.78, 5) is 11.5. The second kappa shape index (κ2) is 3.16. The number of carbonyl (C=O) groups excluding carboxylic acids is 1. The summed E-state index contributed by atoms with van der Waals surface area (Å²) < 4.78 is 0. The van der Waals surface area contributed by atoms with Gasteiger partial charge in [0.05, 0.1) is 0 Å². The summed E-state index contributed by atoms with van der Waals surface area (Å²) >= 11 is 2.01. The number of hydrogen-bond acceptors (Lipinski definition) is 2. The number of amides is 1. The van der Waals surface area contributed by atoms with Gasteiger partial charge >= 0.3 is 0 Å². The maximum atomic E-state index is 11.5. The van der Waals surface area contributed by atoms with Crippen molar-refractivity contribution in [1.82, 2.24) is 5.32 Å². The highest BCUT2D eigenvalue weighted by atomic mass is 32.2. The van der Waals surface area contributed by atoms with E-state index in [1.165, 1.54) is 12.2 Å². The molecule has 2 saturated heterocycles. The highest BCUT2D eigenvalue weighted by Gasteiger charge is 2.55. The molecule has 2 rings (SSSR count). The van der Waals surface area contributed by atoms with Crippen LogP contribution in [0.25, 0.3) is 0 Å². The van der Waals surface area contributed by atoms with E-state index < -0.39 is 0 Å². The average molecular weight is 213 g/mol. The van der Waals surface area contributed by atoms with Crippen molar-refractivity contribution in [1.29, 1.82) is 0 Å². The average Bonchev–Trinajstić information content (AvgIpc) is 2.35. The Hall–Kier alpha value is -0.180. The summed E-state index contributed by atoms with van der Waals surface area (Å²) in [6.45, 7) is 6.81. The quantitative estimate of drug-likeness (QED) is 0.667. The van der Waals surface area contributed by atoms with E-state index in [0.29, 0.717) is 11.5 Å². The second-order valence-electron chi connectivity index (χ2n) is 5.31. The normalized spacial score (nSPS) is 41.4. The third-order valence-electron chi connectivity index (χ3n) is 4.26. The molecule has 2 fully saturated rings. The van der Waals surface area contributed by atoms with E-state index in [1.807, 2.05) is 11.8 Å². The van der Waals surface area contributed by atoms with Crippen LogP contribution in [0.4, 0.5) is 0 Å². The SMILES string of the molecule is CC1NC(=O)CC12CSCCC2(C)C. The summed E-state index contributed by atoms with van der Waals surface area (Å²) in [5, 5.41) is 3.08. The summed E-state index contributed by atoms with van der Waals surface area (Å²) in [5.74, 6) is 2.63. The molecule has 2 atom stereocenters. The van der Waals surface area contributed by atoms with E-state index in [1.54, 1.807) is 0 Å². The van der Waals surface area contributed by atoms with Crippen LogP contribution in [0.15, 0.2) is 0 Å². The Bertz CT molecular complexity index is 264. The van der Waals surface area contributed by atoms with Gasteiger partial charge in [0.2, 0.25) is 5.91 Å². The molecule has 0 aliphatic carbocycles. The van der Waals surface area contributed by atoms with Gasteiger partial charge in [-0.15, -0.1) is 0 Å². The minimum Gasteiger partial charge on any atom is -0.353 e. The van der Waals surface area contributed by atoms with Crippen LogP contribution >= 0.6 is 11.8 Å². The minimum atomic E-state index is 0.201. The minimum absolute atomic E-state index is 0.201. The smallest absolute Gasteiger partial charge is 0.220 e. The van der Waals surface area contributed by atoms with Gasteiger partial charge in [-0.05, 0) is 24.5 Å². The molecule has 2 heterocycles. The molecule has 2 nitrogen and oxygen atoms in total. The third kappa shape index (κ3) is 1.28. The molecule has 2 aliphatic heterocycles. The molecule has 2 unspecified atom stereocenters. The molecule has 0 aromatic carbocycles. The fraction of sp³-hybridized carbons (Fsp3) is 0.909. The summed E-state index contributed by atoms with van der Waals surface area (Å²) in [6.07, 6.45) is 1.96. The molecule has 14 heavy (non-hydrogen) atoms. The molecule has 1 spiro atoms. The molecular formula is C11H19NOS. The van der Waals surface area contributed by atoms with Gasteiger partial charge in [0.25, 0.3) is 0 Å². The van der Waals surface area contributed by atoms with E-state index in [-0.39, 0.29) is 11.3 Å². The van der Waals surface area contributed by atoms with Crippen LogP contribution in [0.2, 0.25) is 0 Å². The lowest BCUT2D eigenvalue weighted by Gasteiger charge is -2.49. The number of hydrogen-bond donors (Lipinski definition) is 1. The van der Waals surface area contributed by atoms with Gasteiger partial charge in [-0.3, -0.25) is 4.79 Å². The zero-order valence-electron chi connectivity index (χ0n) is 9.22. The fourth-order valence-corrected chi connectivity index (χ4v) is 4.80. The summed E-state index contributed by atoms with van der Waals surface area (Å²) in [6, 6.07) is 0.345. The Morgan fingerprint density at radius 2 is 2.21 bits per heavy atom. The lowest BCUT2D eigenvalue weighted by atomic mass is 9.61. The summed E-state index contributed by atoms with van der Waals surface area (Å²) in [7, 11) is 0. The molecule has 0 bridgehead atoms. The Morgan fingerprint density at radius 3 is 2.71 bits per heavy atom. The molecular weight excluding hydrogens is 194 g/mol. The first kappa shape index (κ1) is 10.3. The lowest BCUT2D eigenvalue weighted by molar-refractivity contribution is -0.120. The maximum Gasteiger partial charge on any atom is 0.220 e. The van der Waals surface area contributed by atoms with Crippen molar-refractivity contribution in [2.45, 2.75) is 39.7 Å². The third-order valence-corrected chi connectivity index (χ3v) is 5.47. The lowest BCUT2D eigenvalue weighted by Crippen LogP contribution is -2.49. The van der Waals surface area contributed by atoms with Crippen LogP contribution in [-0.4, -0.2) is 23.5 Å². The highest BCUT2D eigenvalue weighted by molar-refractivity contribution is 7.99. The topological polar surface area (TPSA) is 29.1 Å². The molecule has 2 aliphatic rings. The highest BCUT2D eigenvalue weighted by Crippen LogP contribution is 2.54. The molecule has 0 aromatic heterocycles.